The number of rotatable bonds is 5. The number of carbonyl (C=O) groups is 1. The first-order valence-corrected chi connectivity index (χ1v) is 8.59. The van der Waals surface area contributed by atoms with Crippen molar-refractivity contribution in [1.29, 1.82) is 0 Å². The lowest BCUT2D eigenvalue weighted by Crippen LogP contribution is -2.41. The minimum atomic E-state index is -0.844. The molecule has 2 fully saturated rings. The van der Waals surface area contributed by atoms with Crippen LogP contribution in [-0.2, 0) is 14.3 Å². The number of carbonyl (C=O) groups excluding carboxylic acids is 1. The van der Waals surface area contributed by atoms with Crippen LogP contribution in [0.25, 0.3) is 0 Å². The summed E-state index contributed by atoms with van der Waals surface area (Å²) in [6.45, 7) is 2.17. The van der Waals surface area contributed by atoms with Crippen molar-refractivity contribution >= 4 is 5.91 Å². The van der Waals surface area contributed by atoms with Gasteiger partial charge in [0.1, 0.15) is 0 Å². The van der Waals surface area contributed by atoms with Gasteiger partial charge in [0, 0.05) is 32.0 Å². The number of halogens is 2. The molecule has 1 aromatic carbocycles. The van der Waals surface area contributed by atoms with E-state index < -0.39 is 11.6 Å². The van der Waals surface area contributed by atoms with E-state index in [0.717, 1.165) is 37.5 Å². The number of piperidine rings is 1. The summed E-state index contributed by atoms with van der Waals surface area (Å²) in [6, 6.07) is 3.98. The van der Waals surface area contributed by atoms with Gasteiger partial charge in [-0.15, -0.1) is 0 Å². The van der Waals surface area contributed by atoms with Crippen LogP contribution < -0.4 is 0 Å². The second kappa shape index (κ2) is 8.03. The zero-order valence-electron chi connectivity index (χ0n) is 13.7. The van der Waals surface area contributed by atoms with Gasteiger partial charge in [0.05, 0.1) is 6.61 Å². The lowest BCUT2D eigenvalue weighted by molar-refractivity contribution is -0.166. The Hall–Kier alpha value is -1.53. The van der Waals surface area contributed by atoms with Crippen LogP contribution in [0.1, 0.15) is 43.6 Å². The molecule has 6 heteroatoms. The smallest absolute Gasteiger partial charge is 0.222 e. The standard InChI is InChI=1S/C18H23F2NO3/c19-15-6-4-13(11-16(15)20)14-5-7-17(22)21(12-14)8-10-24-18-3-1-2-9-23-18/h4,6,11,14,18H,1-3,5,7-10,12H2. The number of hydrogen-bond acceptors (Lipinski definition) is 3. The van der Waals surface area contributed by atoms with E-state index in [1.165, 1.54) is 6.07 Å². The van der Waals surface area contributed by atoms with Gasteiger partial charge in [0.2, 0.25) is 5.91 Å². The van der Waals surface area contributed by atoms with E-state index in [9.17, 15) is 13.6 Å². The molecule has 1 amide bonds. The fourth-order valence-electron chi connectivity index (χ4n) is 3.31. The zero-order valence-corrected chi connectivity index (χ0v) is 13.7. The first kappa shape index (κ1) is 17.3. The third kappa shape index (κ3) is 4.30. The molecule has 0 aromatic heterocycles. The van der Waals surface area contributed by atoms with Crippen molar-refractivity contribution in [3.63, 3.8) is 0 Å². The monoisotopic (exact) mass is 339 g/mol. The number of likely N-dealkylation sites (tertiary alicyclic amines) is 1. The average molecular weight is 339 g/mol. The molecule has 2 aliphatic rings. The quantitative estimate of drug-likeness (QED) is 0.827. The lowest BCUT2D eigenvalue weighted by Gasteiger charge is -2.33. The Morgan fingerprint density at radius 3 is 2.83 bits per heavy atom. The molecule has 2 heterocycles. The summed E-state index contributed by atoms with van der Waals surface area (Å²) in [7, 11) is 0. The largest absolute Gasteiger partial charge is 0.353 e. The Balaban J connectivity index is 1.53. The first-order valence-electron chi connectivity index (χ1n) is 8.59. The Bertz CT molecular complexity index is 575. The number of ether oxygens (including phenoxy) is 2. The van der Waals surface area contributed by atoms with Gasteiger partial charge in [-0.25, -0.2) is 8.78 Å². The summed E-state index contributed by atoms with van der Waals surface area (Å²) in [5.74, 6) is -1.57. The summed E-state index contributed by atoms with van der Waals surface area (Å²) >= 11 is 0. The van der Waals surface area contributed by atoms with Crippen molar-refractivity contribution < 1.29 is 23.0 Å². The Kier molecular flexibility index (Phi) is 5.79. The Morgan fingerprint density at radius 2 is 2.08 bits per heavy atom. The molecule has 3 rings (SSSR count). The summed E-state index contributed by atoms with van der Waals surface area (Å²) in [4.78, 5) is 13.8. The van der Waals surface area contributed by atoms with E-state index in [0.29, 0.717) is 32.5 Å². The minimum Gasteiger partial charge on any atom is -0.353 e. The third-order valence-corrected chi connectivity index (χ3v) is 4.72. The highest BCUT2D eigenvalue weighted by Crippen LogP contribution is 2.28. The molecule has 0 spiro atoms. The fraction of sp³-hybridized carbons (Fsp3) is 0.611. The molecule has 1 aromatic rings. The molecule has 2 atom stereocenters. The molecule has 2 aliphatic heterocycles. The molecule has 0 aliphatic carbocycles. The van der Waals surface area contributed by atoms with Gasteiger partial charge in [-0.1, -0.05) is 6.07 Å². The van der Waals surface area contributed by atoms with Crippen LogP contribution in [0.3, 0.4) is 0 Å². The maximum Gasteiger partial charge on any atom is 0.222 e. The normalized spacial score (nSPS) is 25.1. The maximum atomic E-state index is 13.4. The van der Waals surface area contributed by atoms with E-state index >= 15 is 0 Å². The Morgan fingerprint density at radius 1 is 1.21 bits per heavy atom. The minimum absolute atomic E-state index is 0.0312. The lowest BCUT2D eigenvalue weighted by atomic mass is 9.90. The zero-order chi connectivity index (χ0) is 16.9. The van der Waals surface area contributed by atoms with Crippen LogP contribution in [0.5, 0.6) is 0 Å². The highest BCUT2D eigenvalue weighted by Gasteiger charge is 2.27. The predicted molar refractivity (Wildman–Crippen MR) is 84.5 cm³/mol. The van der Waals surface area contributed by atoms with Gasteiger partial charge in [-0.05, 0) is 43.4 Å². The average Bonchev–Trinajstić information content (AvgIpc) is 2.60. The number of nitrogens with zero attached hydrogens (tertiary/aromatic N) is 1. The SMILES string of the molecule is O=C1CCC(c2ccc(F)c(F)c2)CN1CCOC1CCCCO1. The first-order chi connectivity index (χ1) is 11.6. The van der Waals surface area contributed by atoms with Gasteiger partial charge < -0.3 is 14.4 Å². The van der Waals surface area contributed by atoms with E-state index in [1.807, 2.05) is 0 Å². The molecule has 2 saturated heterocycles. The molecule has 132 valence electrons. The molecule has 4 nitrogen and oxygen atoms in total. The van der Waals surface area contributed by atoms with E-state index in [2.05, 4.69) is 0 Å². The van der Waals surface area contributed by atoms with Gasteiger partial charge in [-0.2, -0.15) is 0 Å². The summed E-state index contributed by atoms with van der Waals surface area (Å²) in [6.07, 6.45) is 3.98. The molecule has 0 N–H and O–H groups in total. The van der Waals surface area contributed by atoms with Gasteiger partial charge >= 0.3 is 0 Å². The van der Waals surface area contributed by atoms with E-state index in [-0.39, 0.29) is 18.1 Å². The van der Waals surface area contributed by atoms with Crippen molar-refractivity contribution in [3.8, 4) is 0 Å². The molecular weight excluding hydrogens is 316 g/mol. The molecule has 2 unspecified atom stereocenters. The van der Waals surface area contributed by atoms with Crippen LogP contribution in [0.4, 0.5) is 8.78 Å². The van der Waals surface area contributed by atoms with Crippen LogP contribution in [0.2, 0.25) is 0 Å². The summed E-state index contributed by atoms with van der Waals surface area (Å²) in [5.41, 5.74) is 0.739. The summed E-state index contributed by atoms with van der Waals surface area (Å²) in [5, 5.41) is 0. The second-order valence-corrected chi connectivity index (χ2v) is 6.42. The van der Waals surface area contributed by atoms with Crippen molar-refractivity contribution in [2.75, 3.05) is 26.3 Å². The highest BCUT2D eigenvalue weighted by molar-refractivity contribution is 5.77. The Labute approximate surface area is 140 Å². The van der Waals surface area contributed by atoms with Crippen molar-refractivity contribution in [2.24, 2.45) is 0 Å². The maximum absolute atomic E-state index is 13.4. The van der Waals surface area contributed by atoms with E-state index in [4.69, 9.17) is 9.47 Å². The number of benzene rings is 1. The number of amides is 1. The predicted octanol–water partition coefficient (Wildman–Crippen LogP) is 3.21. The molecule has 24 heavy (non-hydrogen) atoms. The van der Waals surface area contributed by atoms with Crippen LogP contribution in [0, 0.1) is 11.6 Å². The second-order valence-electron chi connectivity index (χ2n) is 6.42. The van der Waals surface area contributed by atoms with Gasteiger partial charge in [0.15, 0.2) is 17.9 Å². The molecule has 0 bridgehead atoms. The van der Waals surface area contributed by atoms with Crippen molar-refractivity contribution in [3.05, 3.63) is 35.4 Å². The van der Waals surface area contributed by atoms with Gasteiger partial charge in [-0.3, -0.25) is 4.79 Å². The highest BCUT2D eigenvalue weighted by atomic mass is 19.2. The topological polar surface area (TPSA) is 38.8 Å². The van der Waals surface area contributed by atoms with Crippen LogP contribution >= 0.6 is 0 Å². The fourth-order valence-corrected chi connectivity index (χ4v) is 3.31. The van der Waals surface area contributed by atoms with Crippen LogP contribution in [0.15, 0.2) is 18.2 Å². The summed E-state index contributed by atoms with van der Waals surface area (Å²) < 4.78 is 37.7. The molecule has 0 radical (unpaired) electrons. The number of hydrogen-bond donors (Lipinski definition) is 0. The van der Waals surface area contributed by atoms with Crippen LogP contribution in [-0.4, -0.2) is 43.4 Å². The van der Waals surface area contributed by atoms with Gasteiger partial charge in [0.25, 0.3) is 0 Å². The third-order valence-electron chi connectivity index (χ3n) is 4.72. The molecular formula is C18H23F2NO3. The van der Waals surface area contributed by atoms with Crippen molar-refractivity contribution in [2.45, 2.75) is 44.3 Å². The molecule has 0 saturated carbocycles. The van der Waals surface area contributed by atoms with E-state index in [1.54, 1.807) is 11.0 Å². The van der Waals surface area contributed by atoms with Crippen molar-refractivity contribution in [1.82, 2.24) is 4.90 Å².